The lowest BCUT2D eigenvalue weighted by molar-refractivity contribution is -0.116. The molecule has 0 aliphatic heterocycles. The molecule has 33 heavy (non-hydrogen) atoms. The zero-order valence-corrected chi connectivity index (χ0v) is 18.6. The van der Waals surface area contributed by atoms with E-state index in [1.54, 1.807) is 24.6 Å². The van der Waals surface area contributed by atoms with Crippen LogP contribution < -0.4 is 16.6 Å². The first-order chi connectivity index (χ1) is 15.8. The van der Waals surface area contributed by atoms with Crippen molar-refractivity contribution in [2.45, 2.75) is 40.4 Å². The molecule has 0 fully saturated rings. The van der Waals surface area contributed by atoms with Crippen LogP contribution in [-0.4, -0.2) is 24.8 Å². The Balaban J connectivity index is 1.83. The summed E-state index contributed by atoms with van der Waals surface area (Å²) in [5, 5.41) is 7.06. The second-order valence-electron chi connectivity index (χ2n) is 7.85. The van der Waals surface area contributed by atoms with E-state index in [1.807, 2.05) is 37.3 Å². The lowest BCUT2D eigenvalue weighted by Crippen LogP contribution is -2.42. The number of rotatable bonds is 6. The largest absolute Gasteiger partial charge is 0.332 e. The van der Waals surface area contributed by atoms with Crippen molar-refractivity contribution >= 4 is 22.6 Å². The minimum atomic E-state index is -0.610. The van der Waals surface area contributed by atoms with Gasteiger partial charge in [0.25, 0.3) is 5.56 Å². The number of hydrogen-bond acceptors (Lipinski definition) is 4. The molecule has 0 radical (unpaired) electrons. The quantitative estimate of drug-likeness (QED) is 0.490. The topological polar surface area (TPSA) is 90.9 Å². The lowest BCUT2D eigenvalue weighted by Gasteiger charge is -2.14. The molecule has 9 heteroatoms. The summed E-state index contributed by atoms with van der Waals surface area (Å²) < 4.78 is 17.6. The third-order valence-electron chi connectivity index (χ3n) is 5.53. The minimum Gasteiger partial charge on any atom is -0.324 e. The standard InChI is InChI=1S/C24H24FN5O3/c1-4-30-22-21(16(3)27-30)28(14-20(31)26-19-12-18(25)11-10-15(19)2)24(33)29(23(22)32)13-17-8-6-5-7-9-17/h5-12H,4,13-14H2,1-3H3,(H,26,31). The Morgan fingerprint density at radius 1 is 1.03 bits per heavy atom. The Morgan fingerprint density at radius 2 is 1.76 bits per heavy atom. The Hall–Kier alpha value is -4.01. The lowest BCUT2D eigenvalue weighted by atomic mass is 10.2. The molecular formula is C24H24FN5O3. The van der Waals surface area contributed by atoms with E-state index in [9.17, 15) is 18.8 Å². The van der Waals surface area contributed by atoms with Gasteiger partial charge in [0, 0.05) is 12.2 Å². The molecule has 0 spiro atoms. The average Bonchev–Trinajstić information content (AvgIpc) is 3.13. The van der Waals surface area contributed by atoms with Crippen LogP contribution in [0.2, 0.25) is 0 Å². The maximum absolute atomic E-state index is 13.6. The number of amides is 1. The number of aryl methyl sites for hydroxylation is 3. The Kier molecular flexibility index (Phi) is 5.95. The van der Waals surface area contributed by atoms with E-state index >= 15 is 0 Å². The highest BCUT2D eigenvalue weighted by atomic mass is 19.1. The first kappa shape index (κ1) is 22.2. The van der Waals surface area contributed by atoms with Crippen LogP contribution in [0.1, 0.15) is 23.7 Å². The number of anilines is 1. The summed E-state index contributed by atoms with van der Waals surface area (Å²) in [6, 6.07) is 13.2. The molecule has 0 aliphatic rings. The second-order valence-corrected chi connectivity index (χ2v) is 7.85. The van der Waals surface area contributed by atoms with Gasteiger partial charge >= 0.3 is 5.69 Å². The number of hydrogen-bond donors (Lipinski definition) is 1. The van der Waals surface area contributed by atoms with Gasteiger partial charge in [-0.15, -0.1) is 0 Å². The molecule has 4 aromatic rings. The fourth-order valence-corrected chi connectivity index (χ4v) is 3.91. The summed E-state index contributed by atoms with van der Waals surface area (Å²) in [5.74, 6) is -0.993. The molecule has 1 amide bonds. The highest BCUT2D eigenvalue weighted by Gasteiger charge is 2.22. The second kappa shape index (κ2) is 8.85. The van der Waals surface area contributed by atoms with Crippen molar-refractivity contribution in [2.75, 3.05) is 5.32 Å². The van der Waals surface area contributed by atoms with Crippen LogP contribution in [0.15, 0.2) is 58.1 Å². The summed E-state index contributed by atoms with van der Waals surface area (Å²) in [6.45, 7) is 5.43. The number of fused-ring (bicyclic) bond motifs is 1. The summed E-state index contributed by atoms with van der Waals surface area (Å²) in [6.07, 6.45) is 0. The molecule has 8 nitrogen and oxygen atoms in total. The van der Waals surface area contributed by atoms with Gasteiger partial charge < -0.3 is 5.32 Å². The van der Waals surface area contributed by atoms with Crippen LogP contribution in [0.25, 0.3) is 11.0 Å². The molecule has 0 bridgehead atoms. The van der Waals surface area contributed by atoms with Crippen LogP contribution in [0.4, 0.5) is 10.1 Å². The van der Waals surface area contributed by atoms with Crippen LogP contribution in [0.3, 0.4) is 0 Å². The van der Waals surface area contributed by atoms with Crippen LogP contribution in [-0.2, 0) is 24.4 Å². The van der Waals surface area contributed by atoms with Gasteiger partial charge in [-0.2, -0.15) is 5.10 Å². The van der Waals surface area contributed by atoms with E-state index in [0.29, 0.717) is 29.0 Å². The third-order valence-corrected chi connectivity index (χ3v) is 5.53. The van der Waals surface area contributed by atoms with Gasteiger partial charge in [0.15, 0.2) is 5.52 Å². The van der Waals surface area contributed by atoms with Crippen LogP contribution in [0.5, 0.6) is 0 Å². The summed E-state index contributed by atoms with van der Waals surface area (Å²) in [5.41, 5.74) is 1.78. The maximum Gasteiger partial charge on any atom is 0.332 e. The molecule has 2 aromatic carbocycles. The van der Waals surface area contributed by atoms with E-state index in [2.05, 4.69) is 10.4 Å². The van der Waals surface area contributed by atoms with E-state index in [0.717, 1.165) is 10.1 Å². The van der Waals surface area contributed by atoms with Crippen LogP contribution >= 0.6 is 0 Å². The monoisotopic (exact) mass is 449 g/mol. The van der Waals surface area contributed by atoms with E-state index in [1.165, 1.54) is 16.7 Å². The fourth-order valence-electron chi connectivity index (χ4n) is 3.91. The number of nitrogens with one attached hydrogen (secondary N) is 1. The number of nitrogens with zero attached hydrogens (tertiary/aromatic N) is 4. The molecule has 1 N–H and O–H groups in total. The van der Waals surface area contributed by atoms with Crippen molar-refractivity contribution in [1.82, 2.24) is 18.9 Å². The highest BCUT2D eigenvalue weighted by Crippen LogP contribution is 2.17. The number of aromatic nitrogens is 4. The third kappa shape index (κ3) is 4.21. The smallest absolute Gasteiger partial charge is 0.324 e. The van der Waals surface area contributed by atoms with Gasteiger partial charge in [0.05, 0.1) is 12.2 Å². The van der Waals surface area contributed by atoms with E-state index in [4.69, 9.17) is 0 Å². The van der Waals surface area contributed by atoms with Crippen molar-refractivity contribution in [3.8, 4) is 0 Å². The molecule has 170 valence electrons. The van der Waals surface area contributed by atoms with Gasteiger partial charge in [-0.1, -0.05) is 36.4 Å². The van der Waals surface area contributed by atoms with Gasteiger partial charge in [-0.25, -0.2) is 9.18 Å². The first-order valence-corrected chi connectivity index (χ1v) is 10.6. The predicted molar refractivity (Wildman–Crippen MR) is 124 cm³/mol. The number of halogens is 1. The molecule has 0 unspecified atom stereocenters. The number of carbonyl (C=O) groups excluding carboxylic acids is 1. The normalized spacial score (nSPS) is 11.2. The van der Waals surface area contributed by atoms with E-state index < -0.39 is 23.0 Å². The molecule has 4 rings (SSSR count). The Morgan fingerprint density at radius 3 is 2.45 bits per heavy atom. The zero-order valence-electron chi connectivity index (χ0n) is 18.6. The number of carbonyl (C=O) groups is 1. The molecule has 2 heterocycles. The molecular weight excluding hydrogens is 425 g/mol. The molecule has 2 aromatic heterocycles. The van der Waals surface area contributed by atoms with Crippen molar-refractivity contribution in [2.24, 2.45) is 0 Å². The summed E-state index contributed by atoms with van der Waals surface area (Å²) >= 11 is 0. The van der Waals surface area contributed by atoms with Crippen LogP contribution in [0, 0.1) is 19.7 Å². The van der Waals surface area contributed by atoms with Gasteiger partial charge in [0.1, 0.15) is 17.9 Å². The van der Waals surface area contributed by atoms with Gasteiger partial charge in [-0.05, 0) is 44.0 Å². The first-order valence-electron chi connectivity index (χ1n) is 10.6. The molecule has 0 saturated heterocycles. The maximum atomic E-state index is 13.6. The average molecular weight is 449 g/mol. The SMILES string of the molecule is CCn1nc(C)c2c1c(=O)n(Cc1ccccc1)c(=O)n2CC(=O)Nc1cc(F)ccc1C. The molecule has 0 saturated carbocycles. The van der Waals surface area contributed by atoms with Crippen molar-refractivity contribution in [1.29, 1.82) is 0 Å². The fraction of sp³-hybridized carbons (Fsp3) is 0.250. The highest BCUT2D eigenvalue weighted by molar-refractivity contribution is 5.92. The minimum absolute atomic E-state index is 0.0625. The summed E-state index contributed by atoms with van der Waals surface area (Å²) in [4.78, 5) is 39.6. The Bertz CT molecular complexity index is 1470. The van der Waals surface area contributed by atoms with Gasteiger partial charge in [0.2, 0.25) is 5.91 Å². The van der Waals surface area contributed by atoms with Crippen molar-refractivity contribution in [3.05, 3.63) is 92.0 Å². The van der Waals surface area contributed by atoms with Crippen molar-refractivity contribution in [3.63, 3.8) is 0 Å². The zero-order chi connectivity index (χ0) is 23.7. The van der Waals surface area contributed by atoms with Gasteiger partial charge in [-0.3, -0.25) is 23.4 Å². The summed E-state index contributed by atoms with van der Waals surface area (Å²) in [7, 11) is 0. The molecule has 0 aliphatic carbocycles. The number of benzene rings is 2. The predicted octanol–water partition coefficient (Wildman–Crippen LogP) is 2.82. The van der Waals surface area contributed by atoms with Crippen molar-refractivity contribution < 1.29 is 9.18 Å². The molecule has 0 atom stereocenters. The Labute approximate surface area is 188 Å². The van der Waals surface area contributed by atoms with E-state index in [-0.39, 0.29) is 18.6 Å².